The predicted molar refractivity (Wildman–Crippen MR) is 82.4 cm³/mol. The standard InChI is InChI=1S/C17H16N2O2/c1-11-15(21-2)9-8-13(17(11)20)16-14(10-18-19-16)12-6-4-3-5-7-12/h3-10,20H,1-2H3,(H,18,19). The van der Waals surface area contributed by atoms with E-state index in [1.54, 1.807) is 13.3 Å². The van der Waals surface area contributed by atoms with Crippen LogP contribution >= 0.6 is 0 Å². The predicted octanol–water partition coefficient (Wildman–Crippen LogP) is 3.77. The van der Waals surface area contributed by atoms with E-state index in [9.17, 15) is 5.11 Å². The molecule has 1 heterocycles. The number of ether oxygens (including phenoxy) is 1. The molecule has 0 radical (unpaired) electrons. The molecule has 0 amide bonds. The van der Waals surface area contributed by atoms with Crippen LogP contribution in [0.4, 0.5) is 0 Å². The second-order valence-corrected chi connectivity index (χ2v) is 4.81. The molecule has 4 heteroatoms. The van der Waals surface area contributed by atoms with Gasteiger partial charge in [0.1, 0.15) is 11.5 Å². The van der Waals surface area contributed by atoms with E-state index in [1.165, 1.54) is 0 Å². The average molecular weight is 280 g/mol. The summed E-state index contributed by atoms with van der Waals surface area (Å²) < 4.78 is 5.23. The van der Waals surface area contributed by atoms with E-state index in [4.69, 9.17) is 4.74 Å². The van der Waals surface area contributed by atoms with Crippen LogP contribution in [-0.4, -0.2) is 22.4 Å². The molecule has 0 spiro atoms. The van der Waals surface area contributed by atoms with Gasteiger partial charge < -0.3 is 9.84 Å². The van der Waals surface area contributed by atoms with Crippen LogP contribution in [0.15, 0.2) is 48.7 Å². The fourth-order valence-corrected chi connectivity index (χ4v) is 2.43. The second-order valence-electron chi connectivity index (χ2n) is 4.81. The Bertz CT molecular complexity index is 764. The van der Waals surface area contributed by atoms with Crippen molar-refractivity contribution in [2.24, 2.45) is 0 Å². The van der Waals surface area contributed by atoms with Gasteiger partial charge >= 0.3 is 0 Å². The summed E-state index contributed by atoms with van der Waals surface area (Å²) in [5.41, 5.74) is 4.22. The zero-order valence-electron chi connectivity index (χ0n) is 11.9. The van der Waals surface area contributed by atoms with Crippen LogP contribution in [0.2, 0.25) is 0 Å². The summed E-state index contributed by atoms with van der Waals surface area (Å²) in [6.07, 6.45) is 1.77. The van der Waals surface area contributed by atoms with E-state index >= 15 is 0 Å². The molecule has 3 aromatic rings. The molecule has 0 atom stereocenters. The molecule has 0 bridgehead atoms. The highest BCUT2D eigenvalue weighted by molar-refractivity contribution is 5.84. The van der Waals surface area contributed by atoms with E-state index in [2.05, 4.69) is 10.2 Å². The van der Waals surface area contributed by atoms with Crippen LogP contribution < -0.4 is 4.74 Å². The molecule has 2 aromatic carbocycles. The van der Waals surface area contributed by atoms with E-state index in [1.807, 2.05) is 49.4 Å². The summed E-state index contributed by atoms with van der Waals surface area (Å²) in [7, 11) is 1.59. The summed E-state index contributed by atoms with van der Waals surface area (Å²) >= 11 is 0. The zero-order valence-corrected chi connectivity index (χ0v) is 11.9. The van der Waals surface area contributed by atoms with Crippen LogP contribution in [0.25, 0.3) is 22.4 Å². The maximum atomic E-state index is 10.4. The Morgan fingerprint density at radius 3 is 2.52 bits per heavy atom. The number of hydrogen-bond acceptors (Lipinski definition) is 3. The zero-order chi connectivity index (χ0) is 14.8. The Labute approximate surface area is 123 Å². The number of nitrogens with one attached hydrogen (secondary N) is 1. The van der Waals surface area contributed by atoms with E-state index < -0.39 is 0 Å². The maximum absolute atomic E-state index is 10.4. The van der Waals surface area contributed by atoms with Crippen molar-refractivity contribution in [3.63, 3.8) is 0 Å². The number of nitrogens with zero attached hydrogens (tertiary/aromatic N) is 1. The van der Waals surface area contributed by atoms with Crippen LogP contribution in [0.1, 0.15) is 5.56 Å². The number of aromatic nitrogens is 2. The summed E-state index contributed by atoms with van der Waals surface area (Å²) in [6, 6.07) is 13.6. The molecule has 0 saturated heterocycles. The molecule has 3 rings (SSSR count). The lowest BCUT2D eigenvalue weighted by Gasteiger charge is -2.11. The van der Waals surface area contributed by atoms with Gasteiger partial charge in [-0.2, -0.15) is 5.10 Å². The van der Waals surface area contributed by atoms with Gasteiger partial charge in [-0.15, -0.1) is 0 Å². The first-order valence-electron chi connectivity index (χ1n) is 6.68. The quantitative estimate of drug-likeness (QED) is 0.768. The molecule has 0 saturated carbocycles. The molecule has 0 aliphatic carbocycles. The minimum absolute atomic E-state index is 0.204. The highest BCUT2D eigenvalue weighted by Gasteiger charge is 2.16. The van der Waals surface area contributed by atoms with Crippen LogP contribution in [-0.2, 0) is 0 Å². The summed E-state index contributed by atoms with van der Waals surface area (Å²) in [6.45, 7) is 1.83. The smallest absolute Gasteiger partial charge is 0.131 e. The first-order chi connectivity index (χ1) is 10.2. The van der Waals surface area contributed by atoms with Crippen molar-refractivity contribution in [3.05, 3.63) is 54.2 Å². The third-order valence-electron chi connectivity index (χ3n) is 3.59. The van der Waals surface area contributed by atoms with Crippen molar-refractivity contribution in [2.75, 3.05) is 7.11 Å². The topological polar surface area (TPSA) is 58.1 Å². The van der Waals surface area contributed by atoms with Crippen molar-refractivity contribution in [1.29, 1.82) is 0 Å². The van der Waals surface area contributed by atoms with Gasteiger partial charge in [-0.25, -0.2) is 0 Å². The minimum atomic E-state index is 0.204. The van der Waals surface area contributed by atoms with E-state index in [-0.39, 0.29) is 5.75 Å². The molecule has 0 aliphatic rings. The third kappa shape index (κ3) is 2.25. The third-order valence-corrected chi connectivity index (χ3v) is 3.59. The van der Waals surface area contributed by atoms with Gasteiger partial charge in [0.15, 0.2) is 0 Å². The number of rotatable bonds is 3. The van der Waals surface area contributed by atoms with Gasteiger partial charge in [0.2, 0.25) is 0 Å². The van der Waals surface area contributed by atoms with Crippen molar-refractivity contribution < 1.29 is 9.84 Å². The largest absolute Gasteiger partial charge is 0.507 e. The minimum Gasteiger partial charge on any atom is -0.507 e. The van der Waals surface area contributed by atoms with Crippen molar-refractivity contribution in [1.82, 2.24) is 10.2 Å². The van der Waals surface area contributed by atoms with E-state index in [0.29, 0.717) is 16.9 Å². The second kappa shape index (κ2) is 5.32. The Kier molecular flexibility index (Phi) is 3.36. The van der Waals surface area contributed by atoms with Gasteiger partial charge in [0.25, 0.3) is 0 Å². The molecular weight excluding hydrogens is 264 g/mol. The van der Waals surface area contributed by atoms with Gasteiger partial charge in [0.05, 0.1) is 19.0 Å². The number of H-pyrrole nitrogens is 1. The molecule has 0 aliphatic heterocycles. The molecule has 0 unspecified atom stereocenters. The number of methoxy groups -OCH3 is 1. The van der Waals surface area contributed by atoms with Gasteiger partial charge in [-0.3, -0.25) is 5.10 Å². The fourth-order valence-electron chi connectivity index (χ4n) is 2.43. The van der Waals surface area contributed by atoms with Crippen molar-refractivity contribution in [2.45, 2.75) is 6.92 Å². The Morgan fingerprint density at radius 2 is 1.81 bits per heavy atom. The summed E-state index contributed by atoms with van der Waals surface area (Å²) in [4.78, 5) is 0. The Morgan fingerprint density at radius 1 is 1.05 bits per heavy atom. The van der Waals surface area contributed by atoms with Crippen LogP contribution in [0.5, 0.6) is 11.5 Å². The monoisotopic (exact) mass is 280 g/mol. The van der Waals surface area contributed by atoms with Gasteiger partial charge in [-0.1, -0.05) is 30.3 Å². The lowest BCUT2D eigenvalue weighted by molar-refractivity contribution is 0.403. The number of phenols is 1. The number of aromatic hydroxyl groups is 1. The van der Waals surface area contributed by atoms with Crippen molar-refractivity contribution in [3.8, 4) is 33.9 Å². The molecule has 4 nitrogen and oxygen atoms in total. The number of aromatic amines is 1. The van der Waals surface area contributed by atoms with Crippen LogP contribution in [0, 0.1) is 6.92 Å². The first kappa shape index (κ1) is 13.2. The van der Waals surface area contributed by atoms with Gasteiger partial charge in [0, 0.05) is 16.7 Å². The summed E-state index contributed by atoms with van der Waals surface area (Å²) in [5, 5.41) is 17.5. The SMILES string of the molecule is COc1ccc(-c2[nH]ncc2-c2ccccc2)c(O)c1C. The lowest BCUT2D eigenvalue weighted by Crippen LogP contribution is -1.91. The maximum Gasteiger partial charge on any atom is 0.131 e. The average Bonchev–Trinajstić information content (AvgIpc) is 3.00. The van der Waals surface area contributed by atoms with E-state index in [0.717, 1.165) is 16.8 Å². The number of benzene rings is 2. The lowest BCUT2D eigenvalue weighted by atomic mass is 9.99. The number of phenolic OH excluding ortho intramolecular Hbond substituents is 1. The normalized spacial score (nSPS) is 10.6. The fraction of sp³-hybridized carbons (Fsp3) is 0.118. The Balaban J connectivity index is 2.15. The van der Waals surface area contributed by atoms with Crippen molar-refractivity contribution >= 4 is 0 Å². The highest BCUT2D eigenvalue weighted by Crippen LogP contribution is 2.39. The molecule has 106 valence electrons. The summed E-state index contributed by atoms with van der Waals surface area (Å²) in [5.74, 6) is 0.868. The van der Waals surface area contributed by atoms with Gasteiger partial charge in [-0.05, 0) is 24.6 Å². The highest BCUT2D eigenvalue weighted by atomic mass is 16.5. The first-order valence-corrected chi connectivity index (χ1v) is 6.68. The molecular formula is C17H16N2O2. The molecule has 0 fully saturated rings. The van der Waals surface area contributed by atoms with Crippen LogP contribution in [0.3, 0.4) is 0 Å². The Hall–Kier alpha value is -2.75. The number of hydrogen-bond donors (Lipinski definition) is 2. The molecule has 2 N–H and O–H groups in total. The molecule has 21 heavy (non-hydrogen) atoms. The molecule has 1 aromatic heterocycles.